The maximum Gasteiger partial charge on any atom is 0.174 e. The molecule has 0 saturated heterocycles. The first-order chi connectivity index (χ1) is 13.6. The summed E-state index contributed by atoms with van der Waals surface area (Å²) < 4.78 is 16.5. The molecule has 0 aliphatic heterocycles. The van der Waals surface area contributed by atoms with E-state index in [-0.39, 0.29) is 0 Å². The number of methoxy groups -OCH3 is 2. The molecule has 0 aliphatic rings. The highest BCUT2D eigenvalue weighted by Crippen LogP contribution is 2.27. The zero-order valence-corrected chi connectivity index (χ0v) is 17.1. The van der Waals surface area contributed by atoms with Gasteiger partial charge in [0.1, 0.15) is 17.3 Å². The lowest BCUT2D eigenvalue weighted by Gasteiger charge is -2.26. The number of rotatable bonds is 7. The van der Waals surface area contributed by atoms with Gasteiger partial charge in [-0.2, -0.15) is 0 Å². The largest absolute Gasteiger partial charge is 0.496 e. The molecule has 6 heteroatoms. The number of furan rings is 1. The molecule has 5 nitrogen and oxygen atoms in total. The second-order valence-corrected chi connectivity index (χ2v) is 6.77. The van der Waals surface area contributed by atoms with Crippen LogP contribution in [0.25, 0.3) is 0 Å². The van der Waals surface area contributed by atoms with Gasteiger partial charge < -0.3 is 24.1 Å². The molecular weight excluding hydrogens is 372 g/mol. The number of ether oxygens (including phenoxy) is 2. The minimum Gasteiger partial charge on any atom is -0.496 e. The Morgan fingerprint density at radius 1 is 1.00 bits per heavy atom. The van der Waals surface area contributed by atoms with Gasteiger partial charge in [0, 0.05) is 12.1 Å². The zero-order chi connectivity index (χ0) is 19.9. The Morgan fingerprint density at radius 3 is 2.50 bits per heavy atom. The molecule has 0 atom stereocenters. The van der Waals surface area contributed by atoms with E-state index in [4.69, 9.17) is 26.1 Å². The van der Waals surface area contributed by atoms with Crippen molar-refractivity contribution in [2.45, 2.75) is 20.0 Å². The van der Waals surface area contributed by atoms with Crippen molar-refractivity contribution in [3.63, 3.8) is 0 Å². The second-order valence-electron chi connectivity index (χ2n) is 6.38. The van der Waals surface area contributed by atoms with Gasteiger partial charge in [-0.1, -0.05) is 24.3 Å². The Balaban J connectivity index is 1.85. The van der Waals surface area contributed by atoms with Crippen LogP contribution in [0.15, 0.2) is 65.3 Å². The third-order valence-corrected chi connectivity index (χ3v) is 4.72. The van der Waals surface area contributed by atoms with Crippen LogP contribution in [-0.2, 0) is 13.1 Å². The highest BCUT2D eigenvalue weighted by Gasteiger charge is 2.16. The highest BCUT2D eigenvalue weighted by atomic mass is 32.1. The fourth-order valence-corrected chi connectivity index (χ4v) is 3.18. The summed E-state index contributed by atoms with van der Waals surface area (Å²) in [5.41, 5.74) is 2.99. The first-order valence-corrected chi connectivity index (χ1v) is 9.36. The van der Waals surface area contributed by atoms with E-state index in [1.807, 2.05) is 66.4 Å². The molecule has 2 aromatic carbocycles. The minimum atomic E-state index is 0.533. The fourth-order valence-electron chi connectivity index (χ4n) is 2.94. The third kappa shape index (κ3) is 4.84. The summed E-state index contributed by atoms with van der Waals surface area (Å²) >= 11 is 5.74. The molecular formula is C22H24N2O3S. The van der Waals surface area contributed by atoms with Crippen molar-refractivity contribution in [2.24, 2.45) is 0 Å². The van der Waals surface area contributed by atoms with Gasteiger partial charge in [0.2, 0.25) is 0 Å². The molecule has 0 unspecified atom stereocenters. The summed E-state index contributed by atoms with van der Waals surface area (Å²) in [5.74, 6) is 2.39. The molecule has 0 aliphatic carbocycles. The van der Waals surface area contributed by atoms with Crippen molar-refractivity contribution in [2.75, 3.05) is 19.5 Å². The van der Waals surface area contributed by atoms with E-state index in [0.29, 0.717) is 18.2 Å². The van der Waals surface area contributed by atoms with Crippen LogP contribution in [0.3, 0.4) is 0 Å². The number of thiocarbonyl (C=S) groups is 1. The van der Waals surface area contributed by atoms with Crippen LogP contribution in [0, 0.1) is 6.92 Å². The minimum absolute atomic E-state index is 0.533. The molecule has 0 radical (unpaired) electrons. The number of benzene rings is 2. The van der Waals surface area contributed by atoms with E-state index < -0.39 is 0 Å². The fraction of sp³-hybridized carbons (Fsp3) is 0.227. The Morgan fingerprint density at radius 2 is 1.79 bits per heavy atom. The van der Waals surface area contributed by atoms with Crippen LogP contribution in [0.4, 0.5) is 5.69 Å². The monoisotopic (exact) mass is 396 g/mol. The summed E-state index contributed by atoms with van der Waals surface area (Å²) in [5, 5.41) is 3.90. The molecule has 0 bridgehead atoms. The number of para-hydroxylation sites is 1. The number of hydrogen-bond acceptors (Lipinski definition) is 4. The van der Waals surface area contributed by atoms with E-state index in [9.17, 15) is 0 Å². The van der Waals surface area contributed by atoms with Crippen LogP contribution in [0.1, 0.15) is 16.9 Å². The van der Waals surface area contributed by atoms with Crippen molar-refractivity contribution in [3.8, 4) is 11.5 Å². The second kappa shape index (κ2) is 9.28. The van der Waals surface area contributed by atoms with E-state index >= 15 is 0 Å². The SMILES string of the molecule is COc1ccccc1CN(Cc1ccco1)C(=S)Nc1cc(C)ccc1OC. The van der Waals surface area contributed by atoms with E-state index in [1.54, 1.807) is 20.5 Å². The molecule has 0 fully saturated rings. The standard InChI is InChI=1S/C22H24N2O3S/c1-16-10-11-21(26-3)19(13-16)23-22(28)24(15-18-8-6-12-27-18)14-17-7-4-5-9-20(17)25-2/h4-13H,14-15H2,1-3H3,(H,23,28). The number of nitrogens with zero attached hydrogens (tertiary/aromatic N) is 1. The first-order valence-electron chi connectivity index (χ1n) is 8.95. The van der Waals surface area contributed by atoms with Crippen molar-refractivity contribution >= 4 is 23.0 Å². The predicted octanol–water partition coefficient (Wildman–Crippen LogP) is 5.00. The van der Waals surface area contributed by atoms with Crippen molar-refractivity contribution in [1.29, 1.82) is 0 Å². The van der Waals surface area contributed by atoms with Gasteiger partial charge in [-0.3, -0.25) is 0 Å². The molecule has 28 heavy (non-hydrogen) atoms. The average Bonchev–Trinajstić information content (AvgIpc) is 3.21. The molecule has 1 N–H and O–H groups in total. The molecule has 1 heterocycles. The van der Waals surface area contributed by atoms with Gasteiger partial charge in [-0.25, -0.2) is 0 Å². The molecule has 3 aromatic rings. The summed E-state index contributed by atoms with van der Waals surface area (Å²) in [7, 11) is 3.32. The normalized spacial score (nSPS) is 10.4. The first kappa shape index (κ1) is 19.8. The van der Waals surface area contributed by atoms with Gasteiger partial charge in [0.25, 0.3) is 0 Å². The van der Waals surface area contributed by atoms with Gasteiger partial charge in [0.05, 0.1) is 32.7 Å². The molecule has 146 valence electrons. The average molecular weight is 397 g/mol. The Bertz CT molecular complexity index is 925. The van der Waals surface area contributed by atoms with Gasteiger partial charge >= 0.3 is 0 Å². The van der Waals surface area contributed by atoms with Crippen LogP contribution in [-0.4, -0.2) is 24.2 Å². The molecule has 3 rings (SSSR count). The van der Waals surface area contributed by atoms with Crippen molar-refractivity contribution in [1.82, 2.24) is 4.90 Å². The molecule has 1 aromatic heterocycles. The lowest BCUT2D eigenvalue weighted by Crippen LogP contribution is -2.34. The van der Waals surface area contributed by atoms with E-state index in [2.05, 4.69) is 5.32 Å². The van der Waals surface area contributed by atoms with Crippen LogP contribution < -0.4 is 14.8 Å². The van der Waals surface area contributed by atoms with Crippen molar-refractivity contribution in [3.05, 3.63) is 77.7 Å². The molecule has 0 amide bonds. The lowest BCUT2D eigenvalue weighted by molar-refractivity contribution is 0.348. The molecule has 0 saturated carbocycles. The van der Waals surface area contributed by atoms with Gasteiger partial charge in [0.15, 0.2) is 5.11 Å². The zero-order valence-electron chi connectivity index (χ0n) is 16.3. The molecule has 0 spiro atoms. The number of nitrogens with one attached hydrogen (secondary N) is 1. The van der Waals surface area contributed by atoms with Crippen LogP contribution >= 0.6 is 12.2 Å². The maximum absolute atomic E-state index is 5.74. The Labute approximate surface area is 170 Å². The quantitative estimate of drug-likeness (QED) is 0.567. The Hall–Kier alpha value is -2.99. The summed E-state index contributed by atoms with van der Waals surface area (Å²) in [6.07, 6.45) is 1.66. The van der Waals surface area contributed by atoms with E-state index in [0.717, 1.165) is 34.1 Å². The van der Waals surface area contributed by atoms with Gasteiger partial charge in [-0.15, -0.1) is 0 Å². The maximum atomic E-state index is 5.74. The summed E-state index contributed by atoms with van der Waals surface area (Å²) in [4.78, 5) is 2.04. The van der Waals surface area contributed by atoms with Crippen molar-refractivity contribution < 1.29 is 13.9 Å². The topological polar surface area (TPSA) is 46.9 Å². The van der Waals surface area contributed by atoms with Crippen LogP contribution in [0.5, 0.6) is 11.5 Å². The number of hydrogen-bond donors (Lipinski definition) is 1. The lowest BCUT2D eigenvalue weighted by atomic mass is 10.2. The summed E-state index contributed by atoms with van der Waals surface area (Å²) in [6.45, 7) is 3.14. The van der Waals surface area contributed by atoms with Crippen LogP contribution in [0.2, 0.25) is 0 Å². The summed E-state index contributed by atoms with van der Waals surface area (Å²) in [6, 6.07) is 17.7. The third-order valence-electron chi connectivity index (χ3n) is 4.36. The van der Waals surface area contributed by atoms with Gasteiger partial charge in [-0.05, 0) is 55.0 Å². The predicted molar refractivity (Wildman–Crippen MR) is 115 cm³/mol. The Kier molecular flexibility index (Phi) is 6.55. The highest BCUT2D eigenvalue weighted by molar-refractivity contribution is 7.80. The smallest absolute Gasteiger partial charge is 0.174 e. The van der Waals surface area contributed by atoms with E-state index in [1.165, 1.54) is 0 Å². The number of aryl methyl sites for hydroxylation is 1. The number of anilines is 1.